The van der Waals surface area contributed by atoms with Crippen LogP contribution in [0.1, 0.15) is 5.56 Å². The maximum Gasteiger partial charge on any atom is 0.320 e. The SMILES string of the molecule is CN(c1cccc(CC(N)C(=O)O)c1)S(C)(=O)=O. The molecule has 3 N–H and O–H groups in total. The number of sulfonamides is 1. The molecule has 0 aliphatic rings. The van der Waals surface area contributed by atoms with Gasteiger partial charge in [0.05, 0.1) is 11.9 Å². The highest BCUT2D eigenvalue weighted by Crippen LogP contribution is 2.18. The molecule has 18 heavy (non-hydrogen) atoms. The molecule has 7 heteroatoms. The number of carboxylic acid groups (broad SMARTS) is 1. The lowest BCUT2D eigenvalue weighted by molar-refractivity contribution is -0.138. The van der Waals surface area contributed by atoms with Gasteiger partial charge in [-0.05, 0) is 24.1 Å². The molecule has 0 spiro atoms. The number of carboxylic acids is 1. The Morgan fingerprint density at radius 1 is 1.50 bits per heavy atom. The second kappa shape index (κ2) is 5.36. The number of benzene rings is 1. The van der Waals surface area contributed by atoms with Crippen molar-refractivity contribution in [3.05, 3.63) is 29.8 Å². The first-order chi connectivity index (χ1) is 8.21. The van der Waals surface area contributed by atoms with Gasteiger partial charge in [-0.25, -0.2) is 8.42 Å². The quantitative estimate of drug-likeness (QED) is 0.788. The van der Waals surface area contributed by atoms with Crippen LogP contribution < -0.4 is 10.0 Å². The van der Waals surface area contributed by atoms with Crippen molar-refractivity contribution < 1.29 is 18.3 Å². The minimum Gasteiger partial charge on any atom is -0.480 e. The zero-order valence-electron chi connectivity index (χ0n) is 10.2. The van der Waals surface area contributed by atoms with E-state index in [9.17, 15) is 13.2 Å². The molecule has 1 atom stereocenters. The average molecular weight is 272 g/mol. The molecule has 1 rings (SSSR count). The lowest BCUT2D eigenvalue weighted by atomic mass is 10.1. The molecule has 0 amide bonds. The third-order valence-electron chi connectivity index (χ3n) is 2.54. The Kier molecular flexibility index (Phi) is 4.31. The van der Waals surface area contributed by atoms with E-state index >= 15 is 0 Å². The smallest absolute Gasteiger partial charge is 0.320 e. The Morgan fingerprint density at radius 2 is 2.11 bits per heavy atom. The highest BCUT2D eigenvalue weighted by Gasteiger charge is 2.15. The first-order valence-corrected chi connectivity index (χ1v) is 7.08. The van der Waals surface area contributed by atoms with Crippen LogP contribution in [0.3, 0.4) is 0 Å². The number of anilines is 1. The molecular formula is C11H16N2O4S. The molecule has 1 aromatic rings. The van der Waals surface area contributed by atoms with E-state index in [0.29, 0.717) is 11.3 Å². The number of hydrogen-bond acceptors (Lipinski definition) is 4. The molecule has 0 fully saturated rings. The van der Waals surface area contributed by atoms with Crippen molar-refractivity contribution in [2.75, 3.05) is 17.6 Å². The van der Waals surface area contributed by atoms with Crippen LogP contribution in [0.5, 0.6) is 0 Å². The lowest BCUT2D eigenvalue weighted by Crippen LogP contribution is -2.32. The van der Waals surface area contributed by atoms with E-state index in [4.69, 9.17) is 10.8 Å². The van der Waals surface area contributed by atoms with Gasteiger partial charge >= 0.3 is 5.97 Å². The molecule has 0 radical (unpaired) electrons. The highest BCUT2D eigenvalue weighted by atomic mass is 32.2. The number of aliphatic carboxylic acids is 1. The van der Waals surface area contributed by atoms with Crippen molar-refractivity contribution in [2.45, 2.75) is 12.5 Å². The average Bonchev–Trinajstić information content (AvgIpc) is 2.27. The van der Waals surface area contributed by atoms with Gasteiger partial charge in [-0.1, -0.05) is 12.1 Å². The van der Waals surface area contributed by atoms with E-state index in [2.05, 4.69) is 0 Å². The summed E-state index contributed by atoms with van der Waals surface area (Å²) in [6.07, 6.45) is 1.25. The first-order valence-electron chi connectivity index (χ1n) is 5.23. The third-order valence-corrected chi connectivity index (χ3v) is 3.75. The van der Waals surface area contributed by atoms with Gasteiger partial charge in [-0.15, -0.1) is 0 Å². The summed E-state index contributed by atoms with van der Waals surface area (Å²) in [4.78, 5) is 10.7. The van der Waals surface area contributed by atoms with Gasteiger partial charge < -0.3 is 10.8 Å². The third kappa shape index (κ3) is 3.71. The van der Waals surface area contributed by atoms with Gasteiger partial charge in [-0.2, -0.15) is 0 Å². The summed E-state index contributed by atoms with van der Waals surface area (Å²) in [5, 5.41) is 8.72. The van der Waals surface area contributed by atoms with Gasteiger partial charge in [0, 0.05) is 7.05 Å². The fourth-order valence-electron chi connectivity index (χ4n) is 1.41. The van der Waals surface area contributed by atoms with Crippen molar-refractivity contribution in [2.24, 2.45) is 5.73 Å². The number of nitrogens with two attached hydrogens (primary N) is 1. The summed E-state index contributed by atoms with van der Waals surface area (Å²) in [6, 6.07) is 5.63. The van der Waals surface area contributed by atoms with Gasteiger partial charge in [-0.3, -0.25) is 9.10 Å². The van der Waals surface area contributed by atoms with Crippen LogP contribution in [0.15, 0.2) is 24.3 Å². The predicted octanol–water partition coefficient (Wildman–Crippen LogP) is 0.0368. The minimum atomic E-state index is -3.33. The van der Waals surface area contributed by atoms with E-state index in [1.807, 2.05) is 0 Å². The molecular weight excluding hydrogens is 256 g/mol. The maximum absolute atomic E-state index is 11.4. The van der Waals surface area contributed by atoms with Crippen LogP contribution in [-0.4, -0.2) is 38.8 Å². The van der Waals surface area contributed by atoms with E-state index in [0.717, 1.165) is 10.6 Å². The maximum atomic E-state index is 11.4. The standard InChI is InChI=1S/C11H16N2O4S/c1-13(18(2,16)17)9-5-3-4-8(6-9)7-10(12)11(14)15/h3-6,10H,7,12H2,1-2H3,(H,14,15). The predicted molar refractivity (Wildman–Crippen MR) is 69.0 cm³/mol. The second-order valence-electron chi connectivity index (χ2n) is 4.05. The summed E-state index contributed by atoms with van der Waals surface area (Å²) < 4.78 is 23.9. The van der Waals surface area contributed by atoms with Gasteiger partial charge in [0.1, 0.15) is 6.04 Å². The highest BCUT2D eigenvalue weighted by molar-refractivity contribution is 7.92. The first kappa shape index (κ1) is 14.5. The number of hydrogen-bond donors (Lipinski definition) is 2. The largest absolute Gasteiger partial charge is 0.480 e. The van der Waals surface area contributed by atoms with Crippen LogP contribution in [-0.2, 0) is 21.2 Å². The van der Waals surface area contributed by atoms with Crippen LogP contribution >= 0.6 is 0 Å². The summed E-state index contributed by atoms with van der Waals surface area (Å²) in [5.74, 6) is -1.09. The topological polar surface area (TPSA) is 101 Å². The van der Waals surface area contributed by atoms with Crippen LogP contribution in [0.25, 0.3) is 0 Å². The molecule has 0 aliphatic carbocycles. The van der Waals surface area contributed by atoms with E-state index < -0.39 is 22.0 Å². The molecule has 0 saturated carbocycles. The molecule has 1 aromatic carbocycles. The van der Waals surface area contributed by atoms with Crippen LogP contribution in [0.4, 0.5) is 5.69 Å². The molecule has 0 saturated heterocycles. The normalized spacial score (nSPS) is 13.1. The Hall–Kier alpha value is -1.60. The van der Waals surface area contributed by atoms with Crippen molar-refractivity contribution >= 4 is 21.7 Å². The Morgan fingerprint density at radius 3 is 2.61 bits per heavy atom. The minimum absolute atomic E-state index is 0.154. The van der Waals surface area contributed by atoms with Crippen LogP contribution in [0.2, 0.25) is 0 Å². The number of nitrogens with zero attached hydrogens (tertiary/aromatic N) is 1. The zero-order valence-corrected chi connectivity index (χ0v) is 11.0. The Bertz CT molecular complexity index is 542. The van der Waals surface area contributed by atoms with Crippen molar-refractivity contribution in [1.82, 2.24) is 0 Å². The fourth-order valence-corrected chi connectivity index (χ4v) is 1.91. The molecule has 6 nitrogen and oxygen atoms in total. The summed E-state index contributed by atoms with van der Waals surface area (Å²) >= 11 is 0. The molecule has 100 valence electrons. The van der Waals surface area contributed by atoms with Gasteiger partial charge in [0.2, 0.25) is 10.0 Å². The fraction of sp³-hybridized carbons (Fsp3) is 0.364. The van der Waals surface area contributed by atoms with Gasteiger partial charge in [0.15, 0.2) is 0 Å². The zero-order chi connectivity index (χ0) is 13.9. The monoisotopic (exact) mass is 272 g/mol. The second-order valence-corrected chi connectivity index (χ2v) is 6.06. The molecule has 0 aliphatic heterocycles. The molecule has 0 aromatic heterocycles. The lowest BCUT2D eigenvalue weighted by Gasteiger charge is -2.17. The summed E-state index contributed by atoms with van der Waals surface area (Å²) in [6.45, 7) is 0. The summed E-state index contributed by atoms with van der Waals surface area (Å²) in [5.41, 5.74) is 6.59. The Balaban J connectivity index is 2.96. The number of carbonyl (C=O) groups is 1. The summed E-state index contributed by atoms with van der Waals surface area (Å²) in [7, 11) is -1.90. The van der Waals surface area contributed by atoms with E-state index in [1.54, 1.807) is 24.3 Å². The molecule has 1 unspecified atom stereocenters. The number of rotatable bonds is 5. The molecule has 0 heterocycles. The van der Waals surface area contributed by atoms with Crippen molar-refractivity contribution in [3.63, 3.8) is 0 Å². The van der Waals surface area contributed by atoms with E-state index in [-0.39, 0.29) is 6.42 Å². The van der Waals surface area contributed by atoms with Crippen LogP contribution in [0, 0.1) is 0 Å². The molecule has 0 bridgehead atoms. The Labute approximate surface area is 106 Å². The van der Waals surface area contributed by atoms with E-state index in [1.165, 1.54) is 7.05 Å². The van der Waals surface area contributed by atoms with Crippen molar-refractivity contribution in [3.8, 4) is 0 Å². The van der Waals surface area contributed by atoms with Crippen molar-refractivity contribution in [1.29, 1.82) is 0 Å². The van der Waals surface area contributed by atoms with Gasteiger partial charge in [0.25, 0.3) is 0 Å².